The number of carbonyl (C=O) groups excluding carboxylic acids is 2. The molecule has 0 aromatic heterocycles. The van der Waals surface area contributed by atoms with Crippen molar-refractivity contribution in [3.63, 3.8) is 0 Å². The van der Waals surface area contributed by atoms with Crippen molar-refractivity contribution in [3.05, 3.63) is 24.3 Å². The van der Waals surface area contributed by atoms with E-state index in [2.05, 4.69) is 39.9 Å². The first-order valence-electron chi connectivity index (χ1n) is 11.3. The SMILES string of the molecule is CC1CCN(c2ccc(NC(=O)CCCNC(=O)NC3CCCCC3)cc2)CC1. The molecule has 0 radical (unpaired) electrons. The van der Waals surface area contributed by atoms with E-state index >= 15 is 0 Å². The van der Waals surface area contributed by atoms with Gasteiger partial charge in [-0.1, -0.05) is 26.2 Å². The Balaban J connectivity index is 1.30. The molecule has 0 spiro atoms. The van der Waals surface area contributed by atoms with E-state index in [-0.39, 0.29) is 11.9 Å². The quantitative estimate of drug-likeness (QED) is 0.598. The van der Waals surface area contributed by atoms with E-state index in [1.807, 2.05) is 12.1 Å². The molecule has 6 heteroatoms. The molecular formula is C23H36N4O2. The number of anilines is 2. The molecule has 0 unspecified atom stereocenters. The summed E-state index contributed by atoms with van der Waals surface area (Å²) >= 11 is 0. The van der Waals surface area contributed by atoms with Crippen LogP contribution in [0.2, 0.25) is 0 Å². The third-order valence-electron chi connectivity index (χ3n) is 6.11. The van der Waals surface area contributed by atoms with Crippen LogP contribution in [-0.2, 0) is 4.79 Å². The van der Waals surface area contributed by atoms with Crippen LogP contribution in [0.3, 0.4) is 0 Å². The van der Waals surface area contributed by atoms with Crippen molar-refractivity contribution in [3.8, 4) is 0 Å². The molecule has 3 amide bonds. The highest BCUT2D eigenvalue weighted by Gasteiger charge is 2.16. The van der Waals surface area contributed by atoms with Gasteiger partial charge < -0.3 is 20.9 Å². The van der Waals surface area contributed by atoms with Gasteiger partial charge >= 0.3 is 6.03 Å². The monoisotopic (exact) mass is 400 g/mol. The Kier molecular flexibility index (Phi) is 8.20. The van der Waals surface area contributed by atoms with Gasteiger partial charge in [0.25, 0.3) is 0 Å². The van der Waals surface area contributed by atoms with E-state index in [9.17, 15) is 9.59 Å². The molecular weight excluding hydrogens is 364 g/mol. The number of urea groups is 1. The smallest absolute Gasteiger partial charge is 0.315 e. The molecule has 0 atom stereocenters. The number of hydrogen-bond donors (Lipinski definition) is 3. The van der Waals surface area contributed by atoms with Gasteiger partial charge in [0.2, 0.25) is 5.91 Å². The number of amides is 3. The van der Waals surface area contributed by atoms with Crippen LogP contribution >= 0.6 is 0 Å². The van der Waals surface area contributed by atoms with Gasteiger partial charge in [-0.15, -0.1) is 0 Å². The Labute approximate surface area is 174 Å². The van der Waals surface area contributed by atoms with Gasteiger partial charge in [0.1, 0.15) is 0 Å². The van der Waals surface area contributed by atoms with Crippen LogP contribution in [0.15, 0.2) is 24.3 Å². The van der Waals surface area contributed by atoms with Gasteiger partial charge in [0, 0.05) is 43.5 Å². The van der Waals surface area contributed by atoms with Gasteiger partial charge in [0.05, 0.1) is 0 Å². The summed E-state index contributed by atoms with van der Waals surface area (Å²) in [5.41, 5.74) is 2.05. The third-order valence-corrected chi connectivity index (χ3v) is 6.11. The molecule has 160 valence electrons. The predicted molar refractivity (Wildman–Crippen MR) is 118 cm³/mol. The number of nitrogens with one attached hydrogen (secondary N) is 3. The topological polar surface area (TPSA) is 73.5 Å². The fraction of sp³-hybridized carbons (Fsp3) is 0.652. The van der Waals surface area contributed by atoms with E-state index in [0.717, 1.165) is 37.5 Å². The second-order valence-corrected chi connectivity index (χ2v) is 8.60. The lowest BCUT2D eigenvalue weighted by Gasteiger charge is -2.32. The second-order valence-electron chi connectivity index (χ2n) is 8.60. The van der Waals surface area contributed by atoms with Crippen LogP contribution in [0.4, 0.5) is 16.2 Å². The van der Waals surface area contributed by atoms with Crippen LogP contribution in [-0.4, -0.2) is 37.6 Å². The molecule has 1 heterocycles. The molecule has 1 aromatic rings. The second kappa shape index (κ2) is 11.1. The number of nitrogens with zero attached hydrogens (tertiary/aromatic N) is 1. The van der Waals surface area contributed by atoms with Gasteiger partial charge in [-0.05, 0) is 62.3 Å². The van der Waals surface area contributed by atoms with Crippen molar-refractivity contribution >= 4 is 23.3 Å². The average molecular weight is 401 g/mol. The van der Waals surface area contributed by atoms with Gasteiger partial charge in [-0.3, -0.25) is 4.79 Å². The van der Waals surface area contributed by atoms with Crippen molar-refractivity contribution in [2.45, 2.75) is 70.8 Å². The van der Waals surface area contributed by atoms with Crippen LogP contribution in [0.5, 0.6) is 0 Å². The third kappa shape index (κ3) is 7.26. The minimum absolute atomic E-state index is 0.0148. The zero-order valence-corrected chi connectivity index (χ0v) is 17.7. The van der Waals surface area contributed by atoms with Crippen molar-refractivity contribution in [1.82, 2.24) is 10.6 Å². The Morgan fingerprint density at radius 2 is 1.69 bits per heavy atom. The standard InChI is InChI=1S/C23H36N4O2/c1-18-13-16-27(17-14-18)21-11-9-20(10-12-21)25-22(28)8-5-15-24-23(29)26-19-6-3-2-4-7-19/h9-12,18-19H,2-8,13-17H2,1H3,(H,25,28)(H2,24,26,29). The summed E-state index contributed by atoms with van der Waals surface area (Å²) in [6, 6.07) is 8.32. The zero-order valence-electron chi connectivity index (χ0n) is 17.7. The van der Waals surface area contributed by atoms with Gasteiger partial charge in [0.15, 0.2) is 0 Å². The van der Waals surface area contributed by atoms with E-state index in [4.69, 9.17) is 0 Å². The lowest BCUT2D eigenvalue weighted by Crippen LogP contribution is -2.43. The van der Waals surface area contributed by atoms with Crippen LogP contribution < -0.4 is 20.9 Å². The molecule has 29 heavy (non-hydrogen) atoms. The van der Waals surface area contributed by atoms with Gasteiger partial charge in [-0.25, -0.2) is 4.79 Å². The number of benzene rings is 1. The molecule has 1 aromatic carbocycles. The van der Waals surface area contributed by atoms with Crippen molar-refractivity contribution in [2.24, 2.45) is 5.92 Å². The Hall–Kier alpha value is -2.24. The molecule has 1 aliphatic heterocycles. The number of carbonyl (C=O) groups is 2. The maximum atomic E-state index is 12.1. The molecule has 3 N–H and O–H groups in total. The maximum Gasteiger partial charge on any atom is 0.315 e. The lowest BCUT2D eigenvalue weighted by atomic mass is 9.96. The summed E-state index contributed by atoms with van der Waals surface area (Å²) in [6.07, 6.45) is 9.33. The normalized spacial score (nSPS) is 18.3. The van der Waals surface area contributed by atoms with Crippen LogP contribution in [0.25, 0.3) is 0 Å². The van der Waals surface area contributed by atoms with Crippen molar-refractivity contribution < 1.29 is 9.59 Å². The first kappa shape index (κ1) is 21.5. The maximum absolute atomic E-state index is 12.1. The largest absolute Gasteiger partial charge is 0.372 e. The summed E-state index contributed by atoms with van der Waals surface area (Å²) in [7, 11) is 0. The molecule has 1 aliphatic carbocycles. The molecule has 2 aliphatic rings. The molecule has 1 saturated carbocycles. The molecule has 1 saturated heterocycles. The van der Waals surface area contributed by atoms with E-state index in [1.165, 1.54) is 37.8 Å². The van der Waals surface area contributed by atoms with Gasteiger partial charge in [-0.2, -0.15) is 0 Å². The van der Waals surface area contributed by atoms with Crippen LogP contribution in [0.1, 0.15) is 64.7 Å². The first-order chi connectivity index (χ1) is 14.1. The fourth-order valence-corrected chi connectivity index (χ4v) is 4.18. The molecule has 6 nitrogen and oxygen atoms in total. The first-order valence-corrected chi connectivity index (χ1v) is 11.3. The Morgan fingerprint density at radius 3 is 2.38 bits per heavy atom. The highest BCUT2D eigenvalue weighted by atomic mass is 16.2. The molecule has 2 fully saturated rings. The zero-order chi connectivity index (χ0) is 20.5. The fourth-order valence-electron chi connectivity index (χ4n) is 4.18. The lowest BCUT2D eigenvalue weighted by molar-refractivity contribution is -0.116. The summed E-state index contributed by atoms with van der Waals surface area (Å²) in [5, 5.41) is 8.83. The highest BCUT2D eigenvalue weighted by molar-refractivity contribution is 5.90. The number of rotatable bonds is 7. The Morgan fingerprint density at radius 1 is 1.00 bits per heavy atom. The minimum Gasteiger partial charge on any atom is -0.372 e. The predicted octanol–water partition coefficient (Wildman–Crippen LogP) is 4.27. The van der Waals surface area contributed by atoms with E-state index in [0.29, 0.717) is 25.4 Å². The minimum atomic E-state index is -0.111. The van der Waals surface area contributed by atoms with Crippen LogP contribution in [0, 0.1) is 5.92 Å². The summed E-state index contributed by atoms with van der Waals surface area (Å²) in [6.45, 7) is 5.04. The molecule has 3 rings (SSSR count). The summed E-state index contributed by atoms with van der Waals surface area (Å²) in [5.74, 6) is 0.802. The molecule has 0 bridgehead atoms. The number of piperidine rings is 1. The summed E-state index contributed by atoms with van der Waals surface area (Å²) < 4.78 is 0. The van der Waals surface area contributed by atoms with Crippen molar-refractivity contribution in [2.75, 3.05) is 29.9 Å². The number of hydrogen-bond acceptors (Lipinski definition) is 3. The van der Waals surface area contributed by atoms with Crippen molar-refractivity contribution in [1.29, 1.82) is 0 Å². The van der Waals surface area contributed by atoms with E-state index in [1.54, 1.807) is 0 Å². The Bertz CT molecular complexity index is 647. The summed E-state index contributed by atoms with van der Waals surface area (Å²) in [4.78, 5) is 26.5. The average Bonchev–Trinajstić information content (AvgIpc) is 2.73. The van der Waals surface area contributed by atoms with E-state index < -0.39 is 0 Å². The highest BCUT2D eigenvalue weighted by Crippen LogP contribution is 2.24.